The molecule has 2 aliphatic heterocycles. The second-order valence-electron chi connectivity index (χ2n) is 14.9. The van der Waals surface area contributed by atoms with Crippen LogP contribution in [0.4, 0.5) is 11.4 Å². The summed E-state index contributed by atoms with van der Waals surface area (Å²) in [4.78, 5) is 14.5. The van der Waals surface area contributed by atoms with Gasteiger partial charge in [0.1, 0.15) is 13.2 Å². The summed E-state index contributed by atoms with van der Waals surface area (Å²) in [5.74, 6) is 1.59. The molecule has 1 saturated carbocycles. The van der Waals surface area contributed by atoms with Gasteiger partial charge in [-0.25, -0.2) is 0 Å². The van der Waals surface area contributed by atoms with E-state index >= 15 is 0 Å². The maximum Gasteiger partial charge on any atom is 0.294 e. The molecule has 1 fully saturated rings. The fraction of sp³-hybridized carbons (Fsp3) is 0.463. The van der Waals surface area contributed by atoms with E-state index < -0.39 is 15.5 Å². The van der Waals surface area contributed by atoms with Gasteiger partial charge < -0.3 is 9.64 Å². The predicted molar refractivity (Wildman–Crippen MR) is 204 cm³/mol. The Morgan fingerprint density at radius 3 is 2.46 bits per heavy atom. The van der Waals surface area contributed by atoms with Gasteiger partial charge in [-0.3, -0.25) is 9.35 Å². The number of para-hydroxylation sites is 1. The van der Waals surface area contributed by atoms with Crippen LogP contribution in [0.5, 0.6) is 0 Å². The van der Waals surface area contributed by atoms with Crippen molar-refractivity contribution in [3.63, 3.8) is 0 Å². The molecule has 0 saturated heterocycles. The quantitative estimate of drug-likeness (QED) is 0.0960. The minimum Gasteiger partial charge on any atom is -0.467 e. The Kier molecular flexibility index (Phi) is 10.4. The molecular formula is C41H51N2O5S2+. The molecule has 0 amide bonds. The molecule has 2 heterocycles. The Labute approximate surface area is 302 Å². The summed E-state index contributed by atoms with van der Waals surface area (Å²) in [6.45, 7) is 15.9. The monoisotopic (exact) mass is 715 g/mol. The van der Waals surface area contributed by atoms with Gasteiger partial charge in [-0.05, 0) is 92.4 Å². The molecule has 9 heteroatoms. The average molecular weight is 716 g/mol. The zero-order valence-electron chi connectivity index (χ0n) is 30.2. The number of ether oxygens (including phenoxy) is 1. The van der Waals surface area contributed by atoms with Crippen molar-refractivity contribution in [2.75, 3.05) is 30.3 Å². The number of hydrogen-bond donors (Lipinski definition) is 1. The highest BCUT2D eigenvalue weighted by molar-refractivity contribution is 8.03. The van der Waals surface area contributed by atoms with Crippen molar-refractivity contribution in [2.45, 2.75) is 89.4 Å². The maximum absolute atomic E-state index is 12.1. The standard InChI is InChI=1S/C41H50N2O5S2/c1-7-21-42-35-12-10-9-11-33(35)40(3,4)37(42)19-16-31-28-13-14-29(25-28)32(39(31)49-24-23-48-27-44)17-20-38-41(5,6)34-26-30(50(45,46)47)15-18-36(34)43(38)22-8-2/h9-12,15-20,26-29H,7-8,13-14,21-25H2,1-6H3/p+1. The molecule has 6 rings (SSSR count). The molecule has 2 unspecified atom stereocenters. The van der Waals surface area contributed by atoms with Gasteiger partial charge in [0.25, 0.3) is 16.6 Å². The van der Waals surface area contributed by atoms with Crippen molar-refractivity contribution >= 4 is 45.4 Å². The number of carbonyl (C=O) groups excluding carboxylic acids is 1. The van der Waals surface area contributed by atoms with E-state index in [1.54, 1.807) is 17.8 Å². The fourth-order valence-electron chi connectivity index (χ4n) is 8.64. The van der Waals surface area contributed by atoms with Gasteiger partial charge in [0.2, 0.25) is 5.69 Å². The first-order valence-corrected chi connectivity index (χ1v) is 20.4. The molecular weight excluding hydrogens is 665 g/mol. The molecule has 0 spiro atoms. The van der Waals surface area contributed by atoms with E-state index in [9.17, 15) is 17.8 Å². The van der Waals surface area contributed by atoms with E-state index in [0.717, 1.165) is 62.1 Å². The van der Waals surface area contributed by atoms with Gasteiger partial charge in [0.15, 0.2) is 5.71 Å². The Hall–Kier alpha value is -3.40. The van der Waals surface area contributed by atoms with Crippen LogP contribution in [0, 0.1) is 11.8 Å². The van der Waals surface area contributed by atoms with E-state index in [1.807, 2.05) is 6.07 Å². The number of carbonyl (C=O) groups is 1. The van der Waals surface area contributed by atoms with Crippen molar-refractivity contribution in [1.29, 1.82) is 0 Å². The third kappa shape index (κ3) is 6.57. The molecule has 266 valence electrons. The van der Waals surface area contributed by atoms with E-state index in [2.05, 4.69) is 99.6 Å². The topological polar surface area (TPSA) is 86.9 Å². The van der Waals surface area contributed by atoms with E-state index in [1.165, 1.54) is 39.1 Å². The zero-order valence-corrected chi connectivity index (χ0v) is 31.9. The lowest BCUT2D eigenvalue weighted by molar-refractivity contribution is -0.437. The molecule has 2 aromatic rings. The van der Waals surface area contributed by atoms with Crippen LogP contribution in [-0.2, 0) is 30.5 Å². The fourth-order valence-corrected chi connectivity index (χ4v) is 10.3. The number of thioether (sulfide) groups is 1. The van der Waals surface area contributed by atoms with E-state index in [-0.39, 0.29) is 10.3 Å². The Morgan fingerprint density at radius 2 is 1.74 bits per heavy atom. The van der Waals surface area contributed by atoms with Crippen LogP contribution < -0.4 is 4.90 Å². The molecule has 2 bridgehead atoms. The molecule has 0 radical (unpaired) electrons. The van der Waals surface area contributed by atoms with Gasteiger partial charge in [-0.2, -0.15) is 13.0 Å². The highest BCUT2D eigenvalue weighted by atomic mass is 32.2. The van der Waals surface area contributed by atoms with Crippen molar-refractivity contribution < 1.29 is 27.1 Å². The summed E-state index contributed by atoms with van der Waals surface area (Å²) in [5, 5.41) is 0. The second-order valence-corrected chi connectivity index (χ2v) is 17.5. The van der Waals surface area contributed by atoms with Crippen LogP contribution in [0.3, 0.4) is 0 Å². The number of fused-ring (bicyclic) bond motifs is 4. The van der Waals surface area contributed by atoms with Crippen LogP contribution in [0.1, 0.15) is 84.8 Å². The minimum absolute atomic E-state index is 0.0795. The molecule has 0 aromatic heterocycles. The average Bonchev–Trinajstić information content (AvgIpc) is 3.67. The first kappa shape index (κ1) is 36.4. The zero-order chi connectivity index (χ0) is 35.8. The van der Waals surface area contributed by atoms with Crippen LogP contribution in [-0.4, -0.2) is 55.2 Å². The molecule has 1 N–H and O–H groups in total. The summed E-state index contributed by atoms with van der Waals surface area (Å²) in [6, 6.07) is 13.7. The normalized spacial score (nSPS) is 23.8. The highest BCUT2D eigenvalue weighted by Gasteiger charge is 2.45. The lowest BCUT2D eigenvalue weighted by Crippen LogP contribution is -2.28. The smallest absolute Gasteiger partial charge is 0.294 e. The second kappa shape index (κ2) is 14.3. The highest BCUT2D eigenvalue weighted by Crippen LogP contribution is 2.53. The van der Waals surface area contributed by atoms with Crippen molar-refractivity contribution in [3.05, 3.63) is 99.6 Å². The largest absolute Gasteiger partial charge is 0.467 e. The summed E-state index contributed by atoms with van der Waals surface area (Å²) in [7, 11) is -4.33. The number of benzene rings is 2. The molecule has 4 aliphatic rings. The molecule has 2 atom stereocenters. The van der Waals surface area contributed by atoms with Crippen molar-refractivity contribution in [3.8, 4) is 0 Å². The summed E-state index contributed by atoms with van der Waals surface area (Å²) < 4.78 is 41.6. The SMILES string of the molecule is CCCN1/C(=C/C=C2C(SCCOC=O)=C(/C=C/C3=[N+](CCC)c4ccccc4C3(C)C)C3CCC/2C3)C(C)(C)c2cc(S(=O)(=O)O)ccc21. The Morgan fingerprint density at radius 1 is 0.980 bits per heavy atom. The number of rotatable bonds is 13. The summed E-state index contributed by atoms with van der Waals surface area (Å²) in [5.41, 5.74) is 9.05. The first-order chi connectivity index (χ1) is 23.8. The Balaban J connectivity index is 1.46. The third-order valence-corrected chi connectivity index (χ3v) is 13.0. The van der Waals surface area contributed by atoms with Crippen molar-refractivity contribution in [1.82, 2.24) is 0 Å². The molecule has 50 heavy (non-hydrogen) atoms. The van der Waals surface area contributed by atoms with Gasteiger partial charge >= 0.3 is 0 Å². The van der Waals surface area contributed by atoms with Gasteiger partial charge in [-0.15, -0.1) is 11.8 Å². The number of anilines is 1. The van der Waals surface area contributed by atoms with Gasteiger partial charge in [-0.1, -0.05) is 58.0 Å². The third-order valence-electron chi connectivity index (χ3n) is 11.0. The lowest BCUT2D eigenvalue weighted by atomic mass is 9.80. The minimum atomic E-state index is -4.33. The van der Waals surface area contributed by atoms with Gasteiger partial charge in [0.05, 0.1) is 10.3 Å². The number of nitrogens with zero attached hydrogens (tertiary/aromatic N) is 2. The number of allylic oxidation sites excluding steroid dienone is 7. The lowest BCUT2D eigenvalue weighted by Gasteiger charge is -2.29. The van der Waals surface area contributed by atoms with Crippen molar-refractivity contribution in [2.24, 2.45) is 11.8 Å². The van der Waals surface area contributed by atoms with Gasteiger partial charge in [0, 0.05) is 58.1 Å². The molecule has 7 nitrogen and oxygen atoms in total. The molecule has 2 aliphatic carbocycles. The molecule has 2 aromatic carbocycles. The van der Waals surface area contributed by atoms with Crippen LogP contribution in [0.15, 0.2) is 93.4 Å². The van der Waals surface area contributed by atoms with Crippen LogP contribution in [0.25, 0.3) is 0 Å². The summed E-state index contributed by atoms with van der Waals surface area (Å²) >= 11 is 1.78. The summed E-state index contributed by atoms with van der Waals surface area (Å²) in [6.07, 6.45) is 14.7. The van der Waals surface area contributed by atoms with E-state index in [0.29, 0.717) is 30.7 Å². The van der Waals surface area contributed by atoms with E-state index in [4.69, 9.17) is 4.74 Å². The van der Waals surface area contributed by atoms with Crippen LogP contribution >= 0.6 is 11.8 Å². The van der Waals surface area contributed by atoms with Crippen LogP contribution in [0.2, 0.25) is 0 Å². The maximum atomic E-state index is 12.1. The Bertz CT molecular complexity index is 1930. The first-order valence-electron chi connectivity index (χ1n) is 18.0. The number of hydrogen-bond acceptors (Lipinski definition) is 6. The predicted octanol–water partition coefficient (Wildman–Crippen LogP) is 8.88.